The van der Waals surface area contributed by atoms with Gasteiger partial charge in [-0.2, -0.15) is 17.5 Å². The normalized spacial score (nSPS) is 22.6. The number of carbonyl (C=O) groups is 1. The minimum Gasteiger partial charge on any atom is -0.378 e. The number of halogens is 3. The molecule has 2 heterocycles. The Morgan fingerprint density at radius 1 is 1.07 bits per heavy atom. The first kappa shape index (κ1) is 20.1. The van der Waals surface area contributed by atoms with Crippen LogP contribution in [0.25, 0.3) is 0 Å². The number of carbonyl (C=O) groups excluding carboxylic acids is 1. The van der Waals surface area contributed by atoms with Crippen LogP contribution in [-0.2, 0) is 25.7 Å². The van der Waals surface area contributed by atoms with Crippen molar-refractivity contribution in [2.45, 2.75) is 23.9 Å². The average molecular weight is 406 g/mol. The SMILES string of the molecule is O=C(C1CCCN(S(=O)(=O)c2ccc(C(F)(F)F)cc2)C1)N1CCOCC1. The topological polar surface area (TPSA) is 66.9 Å². The predicted octanol–water partition coefficient (Wildman–Crippen LogP) is 1.96. The zero-order chi connectivity index (χ0) is 19.7. The summed E-state index contributed by atoms with van der Waals surface area (Å²) >= 11 is 0. The molecule has 0 radical (unpaired) electrons. The van der Waals surface area contributed by atoms with E-state index in [0.717, 1.165) is 24.3 Å². The van der Waals surface area contributed by atoms with E-state index in [1.807, 2.05) is 0 Å². The zero-order valence-electron chi connectivity index (χ0n) is 14.6. The molecule has 1 atom stereocenters. The van der Waals surface area contributed by atoms with Crippen LogP contribution in [0.3, 0.4) is 0 Å². The second kappa shape index (κ2) is 7.76. The molecule has 27 heavy (non-hydrogen) atoms. The summed E-state index contributed by atoms with van der Waals surface area (Å²) in [5.41, 5.74) is -0.902. The van der Waals surface area contributed by atoms with Crippen molar-refractivity contribution >= 4 is 15.9 Å². The van der Waals surface area contributed by atoms with Gasteiger partial charge in [-0.1, -0.05) is 0 Å². The average Bonchev–Trinajstić information content (AvgIpc) is 2.67. The van der Waals surface area contributed by atoms with Crippen molar-refractivity contribution in [3.63, 3.8) is 0 Å². The number of piperidine rings is 1. The molecule has 0 aromatic heterocycles. The molecule has 0 spiro atoms. The summed E-state index contributed by atoms with van der Waals surface area (Å²) < 4.78 is 70.0. The van der Waals surface area contributed by atoms with Crippen molar-refractivity contribution in [2.24, 2.45) is 5.92 Å². The Kier molecular flexibility index (Phi) is 5.78. The van der Waals surface area contributed by atoms with Gasteiger partial charge in [-0.15, -0.1) is 0 Å². The Labute approximate surface area is 155 Å². The maximum Gasteiger partial charge on any atom is 0.416 e. The van der Waals surface area contributed by atoms with E-state index in [-0.39, 0.29) is 23.9 Å². The van der Waals surface area contributed by atoms with Gasteiger partial charge in [-0.05, 0) is 37.1 Å². The quantitative estimate of drug-likeness (QED) is 0.770. The van der Waals surface area contributed by atoms with Crippen molar-refractivity contribution in [3.8, 4) is 0 Å². The molecule has 1 unspecified atom stereocenters. The van der Waals surface area contributed by atoms with Gasteiger partial charge in [-0.25, -0.2) is 8.42 Å². The highest BCUT2D eigenvalue weighted by Crippen LogP contribution is 2.31. The minimum absolute atomic E-state index is 0.0412. The van der Waals surface area contributed by atoms with Crippen molar-refractivity contribution in [1.29, 1.82) is 0 Å². The first-order chi connectivity index (χ1) is 12.7. The molecule has 2 aliphatic heterocycles. The van der Waals surface area contributed by atoms with Gasteiger partial charge in [-0.3, -0.25) is 4.79 Å². The first-order valence-electron chi connectivity index (χ1n) is 8.73. The van der Waals surface area contributed by atoms with Crippen LogP contribution in [-0.4, -0.2) is 62.9 Å². The fourth-order valence-corrected chi connectivity index (χ4v) is 4.89. The maximum atomic E-state index is 12.8. The van der Waals surface area contributed by atoms with Crippen molar-refractivity contribution < 1.29 is 31.1 Å². The number of amides is 1. The molecule has 0 aliphatic carbocycles. The lowest BCUT2D eigenvalue weighted by Gasteiger charge is -2.35. The smallest absolute Gasteiger partial charge is 0.378 e. The van der Waals surface area contributed by atoms with E-state index in [1.54, 1.807) is 4.90 Å². The van der Waals surface area contributed by atoms with E-state index in [9.17, 15) is 26.4 Å². The number of sulfonamides is 1. The summed E-state index contributed by atoms with van der Waals surface area (Å²) in [6.45, 7) is 2.19. The molecule has 150 valence electrons. The fraction of sp³-hybridized carbons (Fsp3) is 0.588. The summed E-state index contributed by atoms with van der Waals surface area (Å²) in [4.78, 5) is 14.1. The molecule has 3 rings (SSSR count). The van der Waals surface area contributed by atoms with Crippen LogP contribution in [0.2, 0.25) is 0 Å². The Balaban J connectivity index is 1.73. The highest BCUT2D eigenvalue weighted by Gasteiger charge is 2.36. The molecular formula is C17H21F3N2O4S. The molecule has 10 heteroatoms. The Morgan fingerprint density at radius 2 is 1.70 bits per heavy atom. The van der Waals surface area contributed by atoms with Crippen LogP contribution in [0.1, 0.15) is 18.4 Å². The minimum atomic E-state index is -4.52. The summed E-state index contributed by atoms with van der Waals surface area (Å²) in [6, 6.07) is 3.44. The van der Waals surface area contributed by atoms with Crippen LogP contribution in [0.5, 0.6) is 0 Å². The molecular weight excluding hydrogens is 385 g/mol. The van der Waals surface area contributed by atoms with Gasteiger partial charge in [0.1, 0.15) is 0 Å². The van der Waals surface area contributed by atoms with Crippen molar-refractivity contribution in [3.05, 3.63) is 29.8 Å². The molecule has 6 nitrogen and oxygen atoms in total. The highest BCUT2D eigenvalue weighted by atomic mass is 32.2. The lowest BCUT2D eigenvalue weighted by molar-refractivity contribution is -0.141. The second-order valence-corrected chi connectivity index (χ2v) is 8.60. The fourth-order valence-electron chi connectivity index (χ4n) is 3.37. The van der Waals surface area contributed by atoms with Crippen LogP contribution < -0.4 is 0 Å². The van der Waals surface area contributed by atoms with E-state index in [0.29, 0.717) is 39.1 Å². The molecule has 2 fully saturated rings. The van der Waals surface area contributed by atoms with Gasteiger partial charge in [0.25, 0.3) is 0 Å². The largest absolute Gasteiger partial charge is 0.416 e. The Morgan fingerprint density at radius 3 is 2.30 bits per heavy atom. The van der Waals surface area contributed by atoms with E-state index in [4.69, 9.17) is 4.74 Å². The van der Waals surface area contributed by atoms with Crippen LogP contribution in [0.15, 0.2) is 29.2 Å². The Hall–Kier alpha value is -1.65. The van der Waals surface area contributed by atoms with Gasteiger partial charge in [0.2, 0.25) is 15.9 Å². The second-order valence-electron chi connectivity index (χ2n) is 6.66. The predicted molar refractivity (Wildman–Crippen MR) is 90.3 cm³/mol. The number of benzene rings is 1. The van der Waals surface area contributed by atoms with Gasteiger partial charge < -0.3 is 9.64 Å². The number of hydrogen-bond acceptors (Lipinski definition) is 4. The summed E-state index contributed by atoms with van der Waals surface area (Å²) in [6.07, 6.45) is -3.40. The molecule has 1 aromatic rings. The Bertz CT molecular complexity index is 774. The number of alkyl halides is 3. The van der Waals surface area contributed by atoms with Crippen molar-refractivity contribution in [1.82, 2.24) is 9.21 Å². The molecule has 2 aliphatic rings. The standard InChI is InChI=1S/C17H21F3N2O4S/c18-17(19,20)14-3-5-15(6-4-14)27(24,25)22-7-1-2-13(12-22)16(23)21-8-10-26-11-9-21/h3-6,13H,1-2,7-12H2. The van der Waals surface area contributed by atoms with Crippen LogP contribution >= 0.6 is 0 Å². The van der Waals surface area contributed by atoms with Crippen molar-refractivity contribution in [2.75, 3.05) is 39.4 Å². The van der Waals surface area contributed by atoms with Gasteiger partial charge in [0, 0.05) is 26.2 Å². The van der Waals surface area contributed by atoms with Crippen LogP contribution in [0.4, 0.5) is 13.2 Å². The molecule has 2 saturated heterocycles. The van der Waals surface area contributed by atoms with E-state index in [2.05, 4.69) is 0 Å². The third-order valence-corrected chi connectivity index (χ3v) is 6.75. The zero-order valence-corrected chi connectivity index (χ0v) is 15.4. The van der Waals surface area contributed by atoms with E-state index < -0.39 is 27.7 Å². The third-order valence-electron chi connectivity index (χ3n) is 4.88. The molecule has 1 aromatic carbocycles. The molecule has 0 N–H and O–H groups in total. The lowest BCUT2D eigenvalue weighted by Crippen LogP contribution is -2.49. The number of rotatable bonds is 3. The van der Waals surface area contributed by atoms with Gasteiger partial charge in [0.05, 0.1) is 29.6 Å². The summed E-state index contributed by atoms with van der Waals surface area (Å²) in [5.74, 6) is -0.535. The van der Waals surface area contributed by atoms with Gasteiger partial charge in [0.15, 0.2) is 0 Å². The van der Waals surface area contributed by atoms with Gasteiger partial charge >= 0.3 is 6.18 Å². The maximum absolute atomic E-state index is 12.8. The monoisotopic (exact) mass is 406 g/mol. The number of ether oxygens (including phenoxy) is 1. The van der Waals surface area contributed by atoms with Crippen LogP contribution in [0, 0.1) is 5.92 Å². The van der Waals surface area contributed by atoms with E-state index >= 15 is 0 Å². The third kappa shape index (κ3) is 4.44. The van der Waals surface area contributed by atoms with E-state index in [1.165, 1.54) is 4.31 Å². The molecule has 1 amide bonds. The lowest BCUT2D eigenvalue weighted by atomic mass is 9.98. The number of hydrogen-bond donors (Lipinski definition) is 0. The molecule has 0 saturated carbocycles. The first-order valence-corrected chi connectivity index (χ1v) is 10.2. The highest BCUT2D eigenvalue weighted by molar-refractivity contribution is 7.89. The number of morpholine rings is 1. The summed E-state index contributed by atoms with van der Waals surface area (Å²) in [5, 5.41) is 0. The molecule has 0 bridgehead atoms. The summed E-state index contributed by atoms with van der Waals surface area (Å²) in [7, 11) is -3.95. The number of nitrogens with zero attached hydrogens (tertiary/aromatic N) is 2.